The van der Waals surface area contributed by atoms with Crippen molar-refractivity contribution in [3.8, 4) is 0 Å². The summed E-state index contributed by atoms with van der Waals surface area (Å²) in [5.74, 6) is 0.897. The molecule has 11 nitrogen and oxygen atoms in total. The molecule has 0 bridgehead atoms. The van der Waals surface area contributed by atoms with Crippen LogP contribution in [0.5, 0.6) is 0 Å². The topological polar surface area (TPSA) is 134 Å². The van der Waals surface area contributed by atoms with Crippen molar-refractivity contribution >= 4 is 28.8 Å². The van der Waals surface area contributed by atoms with Crippen LogP contribution in [0.2, 0.25) is 0 Å². The summed E-state index contributed by atoms with van der Waals surface area (Å²) < 4.78 is 3.55. The molecule has 0 radical (unpaired) electrons. The standard InChI is InChI=1S/C19H26N8O3/c1-25(19(29)30)16-4-2-13(3-5-16)11-27-17-14(9-22-27)8-20-18(24-17)23-15-10-21-26(12-15)6-7-28/h8-10,12-13,16,28H,2-7,11H2,1H3,(H,29,30)(H,20,23,24). The largest absolute Gasteiger partial charge is 0.465 e. The number of aromatic nitrogens is 6. The van der Waals surface area contributed by atoms with Gasteiger partial charge in [0.25, 0.3) is 0 Å². The number of carboxylic acid groups (broad SMARTS) is 1. The normalized spacial score (nSPS) is 19.1. The first-order chi connectivity index (χ1) is 14.5. The predicted molar refractivity (Wildman–Crippen MR) is 109 cm³/mol. The Hall–Kier alpha value is -3.21. The summed E-state index contributed by atoms with van der Waals surface area (Å²) in [7, 11) is 1.65. The average Bonchev–Trinajstić information content (AvgIpc) is 3.35. The number of hydrogen-bond donors (Lipinski definition) is 3. The molecule has 0 unspecified atom stereocenters. The highest BCUT2D eigenvalue weighted by Crippen LogP contribution is 2.29. The van der Waals surface area contributed by atoms with Crippen molar-refractivity contribution < 1.29 is 15.0 Å². The smallest absolute Gasteiger partial charge is 0.407 e. The lowest BCUT2D eigenvalue weighted by Gasteiger charge is -2.33. The number of nitrogens with zero attached hydrogens (tertiary/aromatic N) is 7. The zero-order valence-corrected chi connectivity index (χ0v) is 16.8. The highest BCUT2D eigenvalue weighted by molar-refractivity contribution is 5.75. The summed E-state index contributed by atoms with van der Waals surface area (Å²) in [6, 6.07) is 0.0954. The van der Waals surface area contributed by atoms with Crippen LogP contribution >= 0.6 is 0 Å². The Balaban J connectivity index is 1.42. The minimum absolute atomic E-state index is 0.0251. The first kappa shape index (κ1) is 20.1. The van der Waals surface area contributed by atoms with E-state index in [9.17, 15) is 4.79 Å². The first-order valence-corrected chi connectivity index (χ1v) is 10.1. The molecule has 1 aliphatic rings. The van der Waals surface area contributed by atoms with E-state index in [0.29, 0.717) is 18.4 Å². The molecule has 0 aliphatic heterocycles. The van der Waals surface area contributed by atoms with Crippen LogP contribution in [0.1, 0.15) is 25.7 Å². The Morgan fingerprint density at radius 2 is 2.03 bits per heavy atom. The summed E-state index contributed by atoms with van der Waals surface area (Å²) in [5, 5.41) is 30.8. The molecule has 0 atom stereocenters. The molecule has 4 rings (SSSR count). The maximum Gasteiger partial charge on any atom is 0.407 e. The van der Waals surface area contributed by atoms with E-state index in [1.807, 2.05) is 4.68 Å². The quantitative estimate of drug-likeness (QED) is 0.534. The number of aliphatic hydroxyl groups is 1. The monoisotopic (exact) mass is 414 g/mol. The van der Waals surface area contributed by atoms with E-state index >= 15 is 0 Å². The molecule has 0 spiro atoms. The predicted octanol–water partition coefficient (Wildman–Crippen LogP) is 1.93. The summed E-state index contributed by atoms with van der Waals surface area (Å²) >= 11 is 0. The fraction of sp³-hybridized carbons (Fsp3) is 0.526. The number of carbonyl (C=O) groups is 1. The lowest BCUT2D eigenvalue weighted by Crippen LogP contribution is -2.39. The molecule has 0 saturated heterocycles. The molecular weight excluding hydrogens is 388 g/mol. The highest BCUT2D eigenvalue weighted by atomic mass is 16.4. The van der Waals surface area contributed by atoms with Crippen LogP contribution < -0.4 is 5.32 Å². The van der Waals surface area contributed by atoms with Crippen molar-refractivity contribution in [3.05, 3.63) is 24.8 Å². The molecule has 3 N–H and O–H groups in total. The number of rotatable bonds is 7. The highest BCUT2D eigenvalue weighted by Gasteiger charge is 2.27. The van der Waals surface area contributed by atoms with Gasteiger partial charge in [-0.15, -0.1) is 0 Å². The zero-order chi connectivity index (χ0) is 21.1. The molecule has 3 heterocycles. The Bertz CT molecular complexity index is 1010. The molecule has 11 heteroatoms. The van der Waals surface area contributed by atoms with Gasteiger partial charge in [-0.25, -0.2) is 14.5 Å². The van der Waals surface area contributed by atoms with Crippen molar-refractivity contribution in [3.63, 3.8) is 0 Å². The van der Waals surface area contributed by atoms with Gasteiger partial charge in [0, 0.05) is 32.0 Å². The summed E-state index contributed by atoms with van der Waals surface area (Å²) in [6.45, 7) is 1.20. The molecular formula is C19H26N8O3. The van der Waals surface area contributed by atoms with Gasteiger partial charge in [-0.05, 0) is 31.6 Å². The average molecular weight is 414 g/mol. The second kappa shape index (κ2) is 8.66. The van der Waals surface area contributed by atoms with Crippen LogP contribution in [0.15, 0.2) is 24.8 Å². The van der Waals surface area contributed by atoms with Crippen LogP contribution in [-0.2, 0) is 13.1 Å². The second-order valence-corrected chi connectivity index (χ2v) is 7.71. The van der Waals surface area contributed by atoms with Gasteiger partial charge >= 0.3 is 6.09 Å². The molecule has 1 aliphatic carbocycles. The molecule has 1 amide bonds. The van der Waals surface area contributed by atoms with Crippen LogP contribution in [0, 0.1) is 5.92 Å². The number of fused-ring (bicyclic) bond motifs is 1. The van der Waals surface area contributed by atoms with E-state index < -0.39 is 6.09 Å². The molecule has 30 heavy (non-hydrogen) atoms. The van der Waals surface area contributed by atoms with E-state index in [1.165, 1.54) is 4.90 Å². The van der Waals surface area contributed by atoms with E-state index in [-0.39, 0.29) is 12.6 Å². The van der Waals surface area contributed by atoms with Crippen molar-refractivity contribution in [2.45, 2.75) is 44.8 Å². The lowest BCUT2D eigenvalue weighted by atomic mass is 9.85. The van der Waals surface area contributed by atoms with Crippen LogP contribution in [0.4, 0.5) is 16.4 Å². The van der Waals surface area contributed by atoms with Gasteiger partial charge in [0.05, 0.1) is 36.6 Å². The van der Waals surface area contributed by atoms with E-state index in [0.717, 1.165) is 48.9 Å². The summed E-state index contributed by atoms with van der Waals surface area (Å²) in [6.07, 6.45) is 9.75. The van der Waals surface area contributed by atoms with Crippen molar-refractivity contribution in [2.24, 2.45) is 5.92 Å². The van der Waals surface area contributed by atoms with Gasteiger partial charge in [0.15, 0.2) is 5.65 Å². The molecule has 160 valence electrons. The fourth-order valence-corrected chi connectivity index (χ4v) is 3.96. The first-order valence-electron chi connectivity index (χ1n) is 10.1. The maximum absolute atomic E-state index is 11.2. The van der Waals surface area contributed by atoms with Crippen LogP contribution in [-0.4, -0.2) is 70.4 Å². The maximum atomic E-state index is 11.2. The Labute approximate surface area is 173 Å². The fourth-order valence-electron chi connectivity index (χ4n) is 3.96. The van der Waals surface area contributed by atoms with Gasteiger partial charge in [0.1, 0.15) is 0 Å². The number of amides is 1. The number of aliphatic hydroxyl groups excluding tert-OH is 1. The molecule has 3 aromatic heterocycles. The number of nitrogens with one attached hydrogen (secondary N) is 1. The van der Waals surface area contributed by atoms with E-state index in [1.54, 1.807) is 36.5 Å². The minimum Gasteiger partial charge on any atom is -0.465 e. The molecule has 1 saturated carbocycles. The minimum atomic E-state index is -0.866. The molecule has 0 aromatic carbocycles. The van der Waals surface area contributed by atoms with Crippen LogP contribution in [0.25, 0.3) is 11.0 Å². The third-order valence-corrected chi connectivity index (χ3v) is 5.69. The van der Waals surface area contributed by atoms with Crippen molar-refractivity contribution in [2.75, 3.05) is 19.0 Å². The summed E-state index contributed by atoms with van der Waals surface area (Å²) in [4.78, 5) is 21.5. The van der Waals surface area contributed by atoms with Gasteiger partial charge in [-0.1, -0.05) is 0 Å². The third kappa shape index (κ3) is 4.35. The third-order valence-electron chi connectivity index (χ3n) is 5.69. The van der Waals surface area contributed by atoms with Gasteiger partial charge < -0.3 is 20.4 Å². The van der Waals surface area contributed by atoms with Crippen molar-refractivity contribution in [1.82, 2.24) is 34.4 Å². The Morgan fingerprint density at radius 1 is 1.23 bits per heavy atom. The van der Waals surface area contributed by atoms with E-state index in [4.69, 9.17) is 10.2 Å². The Kier molecular flexibility index (Phi) is 5.79. The summed E-state index contributed by atoms with van der Waals surface area (Å²) in [5.41, 5.74) is 1.51. The van der Waals surface area contributed by atoms with Gasteiger partial charge in [-0.3, -0.25) is 4.68 Å². The lowest BCUT2D eigenvalue weighted by molar-refractivity contribution is 0.116. The molecule has 1 fully saturated rings. The number of anilines is 2. The van der Waals surface area contributed by atoms with Crippen molar-refractivity contribution in [1.29, 1.82) is 0 Å². The second-order valence-electron chi connectivity index (χ2n) is 7.71. The SMILES string of the molecule is CN(C(=O)O)C1CCC(Cn2ncc3cnc(Nc4cnn(CCO)c4)nc32)CC1. The molecule has 3 aromatic rings. The van der Waals surface area contributed by atoms with Gasteiger partial charge in [-0.2, -0.15) is 15.2 Å². The van der Waals surface area contributed by atoms with Crippen LogP contribution in [0.3, 0.4) is 0 Å². The van der Waals surface area contributed by atoms with Gasteiger partial charge in [0.2, 0.25) is 5.95 Å². The van der Waals surface area contributed by atoms with E-state index in [2.05, 4.69) is 25.5 Å². The number of hydrogen-bond acceptors (Lipinski definition) is 7. The Morgan fingerprint density at radius 3 is 2.77 bits per heavy atom. The zero-order valence-electron chi connectivity index (χ0n) is 16.8.